The van der Waals surface area contributed by atoms with Gasteiger partial charge in [-0.15, -0.1) is 0 Å². The fourth-order valence-corrected chi connectivity index (χ4v) is 3.76. The lowest BCUT2D eigenvalue weighted by Gasteiger charge is -2.27. The van der Waals surface area contributed by atoms with Crippen LogP contribution in [0.5, 0.6) is 5.75 Å². The molecule has 0 bridgehead atoms. The summed E-state index contributed by atoms with van der Waals surface area (Å²) in [6.45, 7) is 4.01. The second-order valence-corrected chi connectivity index (χ2v) is 8.27. The minimum Gasteiger partial charge on any atom is -0.494 e. The Kier molecular flexibility index (Phi) is 7.46. The van der Waals surface area contributed by atoms with Crippen LogP contribution in [0.15, 0.2) is 60.7 Å². The molecule has 0 aliphatic rings. The summed E-state index contributed by atoms with van der Waals surface area (Å²) in [6.07, 6.45) is 0.186. The summed E-state index contributed by atoms with van der Waals surface area (Å²) in [7, 11) is 3.05. The van der Waals surface area contributed by atoms with Crippen molar-refractivity contribution in [2.75, 3.05) is 14.2 Å². The standard InChI is InChI=1S/C26H29FN2O3/c1-17(2)25(26(31)29(3)16-18-12-13-23(32-4)22(27)14-18)28-24(30)15-20-10-7-9-19-8-5-6-11-21(19)20/h5-14,17,25H,15-16H2,1-4H3,(H,28,30). The van der Waals surface area contributed by atoms with Crippen molar-refractivity contribution in [3.63, 3.8) is 0 Å². The van der Waals surface area contributed by atoms with Gasteiger partial charge in [-0.1, -0.05) is 62.4 Å². The summed E-state index contributed by atoms with van der Waals surface area (Å²) >= 11 is 0. The van der Waals surface area contributed by atoms with Gasteiger partial charge < -0.3 is 15.0 Å². The number of nitrogens with zero attached hydrogens (tertiary/aromatic N) is 1. The van der Waals surface area contributed by atoms with Crippen molar-refractivity contribution < 1.29 is 18.7 Å². The molecule has 0 spiro atoms. The highest BCUT2D eigenvalue weighted by atomic mass is 19.1. The maximum Gasteiger partial charge on any atom is 0.245 e. The number of carbonyl (C=O) groups is 2. The van der Waals surface area contributed by atoms with E-state index in [0.717, 1.165) is 16.3 Å². The van der Waals surface area contributed by atoms with Crippen LogP contribution >= 0.6 is 0 Å². The zero-order chi connectivity index (χ0) is 23.3. The monoisotopic (exact) mass is 436 g/mol. The fraction of sp³-hybridized carbons (Fsp3) is 0.308. The van der Waals surface area contributed by atoms with E-state index in [-0.39, 0.29) is 36.4 Å². The predicted octanol–water partition coefficient (Wildman–Crippen LogP) is 4.33. The highest BCUT2D eigenvalue weighted by Crippen LogP contribution is 2.20. The van der Waals surface area contributed by atoms with E-state index in [4.69, 9.17) is 4.74 Å². The van der Waals surface area contributed by atoms with Crippen LogP contribution < -0.4 is 10.1 Å². The van der Waals surface area contributed by atoms with E-state index in [2.05, 4.69) is 5.32 Å². The minimum atomic E-state index is -0.675. The first-order valence-electron chi connectivity index (χ1n) is 10.6. The van der Waals surface area contributed by atoms with Crippen molar-refractivity contribution in [2.24, 2.45) is 5.92 Å². The highest BCUT2D eigenvalue weighted by molar-refractivity contribution is 5.92. The molecule has 0 aliphatic heterocycles. The maximum absolute atomic E-state index is 14.0. The number of methoxy groups -OCH3 is 1. The first kappa shape index (κ1) is 23.3. The van der Waals surface area contributed by atoms with Gasteiger partial charge in [0.25, 0.3) is 0 Å². The van der Waals surface area contributed by atoms with Gasteiger partial charge in [-0.05, 0) is 39.9 Å². The summed E-state index contributed by atoms with van der Waals surface area (Å²) in [5.41, 5.74) is 1.56. The largest absolute Gasteiger partial charge is 0.494 e. The molecular formula is C26H29FN2O3. The molecule has 3 aromatic rings. The molecule has 3 aromatic carbocycles. The van der Waals surface area contributed by atoms with Gasteiger partial charge >= 0.3 is 0 Å². The number of ether oxygens (including phenoxy) is 1. The molecule has 5 nitrogen and oxygen atoms in total. The predicted molar refractivity (Wildman–Crippen MR) is 124 cm³/mol. The zero-order valence-corrected chi connectivity index (χ0v) is 18.9. The molecule has 168 valence electrons. The molecule has 1 N–H and O–H groups in total. The Balaban J connectivity index is 1.69. The minimum absolute atomic E-state index is 0.103. The lowest BCUT2D eigenvalue weighted by atomic mass is 10.00. The van der Waals surface area contributed by atoms with Crippen LogP contribution in [0.1, 0.15) is 25.0 Å². The Bertz CT molecular complexity index is 1110. The Morgan fingerprint density at radius 3 is 2.47 bits per heavy atom. The molecule has 1 atom stereocenters. The van der Waals surface area contributed by atoms with Crippen LogP contribution in [-0.4, -0.2) is 36.9 Å². The van der Waals surface area contributed by atoms with Crippen LogP contribution in [0.4, 0.5) is 4.39 Å². The van der Waals surface area contributed by atoms with Crippen LogP contribution in [0, 0.1) is 11.7 Å². The van der Waals surface area contributed by atoms with Crippen LogP contribution in [-0.2, 0) is 22.6 Å². The molecule has 6 heteroatoms. The molecule has 1 unspecified atom stereocenters. The topological polar surface area (TPSA) is 58.6 Å². The molecule has 0 fully saturated rings. The summed E-state index contributed by atoms with van der Waals surface area (Å²) in [5, 5.41) is 5.00. The molecule has 32 heavy (non-hydrogen) atoms. The van der Waals surface area contributed by atoms with E-state index in [0.29, 0.717) is 5.56 Å². The SMILES string of the molecule is COc1ccc(CN(C)C(=O)C(NC(=O)Cc2cccc3ccccc23)C(C)C)cc1F. The number of likely N-dealkylation sites (N-methyl/N-ethyl adjacent to an activating group) is 1. The second-order valence-electron chi connectivity index (χ2n) is 8.27. The molecule has 0 aromatic heterocycles. The van der Waals surface area contributed by atoms with Gasteiger partial charge in [-0.3, -0.25) is 9.59 Å². The molecule has 0 saturated heterocycles. The normalized spacial score (nSPS) is 11.9. The molecule has 0 saturated carbocycles. The molecule has 2 amide bonds. The van der Waals surface area contributed by atoms with Crippen LogP contribution in [0.25, 0.3) is 10.8 Å². The molecular weight excluding hydrogens is 407 g/mol. The van der Waals surface area contributed by atoms with Crippen LogP contribution in [0.2, 0.25) is 0 Å². The van der Waals surface area contributed by atoms with Crippen molar-refractivity contribution in [1.82, 2.24) is 10.2 Å². The van der Waals surface area contributed by atoms with E-state index >= 15 is 0 Å². The lowest BCUT2D eigenvalue weighted by Crippen LogP contribution is -2.50. The molecule has 0 aliphatic carbocycles. The van der Waals surface area contributed by atoms with Gasteiger partial charge in [0.05, 0.1) is 13.5 Å². The van der Waals surface area contributed by atoms with Crippen molar-refractivity contribution in [2.45, 2.75) is 32.9 Å². The summed E-state index contributed by atoms with van der Waals surface area (Å²) in [6, 6.07) is 17.7. The lowest BCUT2D eigenvalue weighted by molar-refractivity contribution is -0.136. The first-order valence-corrected chi connectivity index (χ1v) is 10.6. The number of hydrogen-bond donors (Lipinski definition) is 1. The second kappa shape index (κ2) is 10.3. The Morgan fingerprint density at radius 2 is 1.78 bits per heavy atom. The fourth-order valence-electron chi connectivity index (χ4n) is 3.76. The van der Waals surface area contributed by atoms with Gasteiger partial charge in [0.15, 0.2) is 11.6 Å². The third-order valence-corrected chi connectivity index (χ3v) is 5.49. The number of rotatable bonds is 8. The van der Waals surface area contributed by atoms with Gasteiger partial charge in [0, 0.05) is 13.6 Å². The number of fused-ring (bicyclic) bond motifs is 1. The van der Waals surface area contributed by atoms with Gasteiger partial charge in [-0.25, -0.2) is 4.39 Å². The van der Waals surface area contributed by atoms with Gasteiger partial charge in [0.1, 0.15) is 6.04 Å². The Morgan fingerprint density at radius 1 is 1.06 bits per heavy atom. The third-order valence-electron chi connectivity index (χ3n) is 5.49. The van der Waals surface area contributed by atoms with E-state index in [1.807, 2.05) is 56.3 Å². The van der Waals surface area contributed by atoms with Crippen molar-refractivity contribution >= 4 is 22.6 Å². The highest BCUT2D eigenvalue weighted by Gasteiger charge is 2.27. The van der Waals surface area contributed by atoms with Crippen molar-refractivity contribution in [3.8, 4) is 5.75 Å². The van der Waals surface area contributed by atoms with E-state index in [1.165, 1.54) is 24.1 Å². The summed E-state index contributed by atoms with van der Waals surface area (Å²) in [5.74, 6) is -0.855. The van der Waals surface area contributed by atoms with Gasteiger partial charge in [0.2, 0.25) is 11.8 Å². The van der Waals surface area contributed by atoms with Crippen LogP contribution in [0.3, 0.4) is 0 Å². The number of carbonyl (C=O) groups excluding carboxylic acids is 2. The number of nitrogens with one attached hydrogen (secondary N) is 1. The molecule has 3 rings (SSSR count). The molecule has 0 radical (unpaired) electrons. The Labute approximate surface area is 188 Å². The smallest absolute Gasteiger partial charge is 0.245 e. The number of halogens is 1. The Hall–Kier alpha value is -3.41. The number of amides is 2. The van der Waals surface area contributed by atoms with Crippen molar-refractivity contribution in [3.05, 3.63) is 77.6 Å². The van der Waals surface area contributed by atoms with E-state index < -0.39 is 11.9 Å². The molecule has 0 heterocycles. The quantitative estimate of drug-likeness (QED) is 0.572. The third kappa shape index (κ3) is 5.44. The van der Waals surface area contributed by atoms with Crippen molar-refractivity contribution in [1.29, 1.82) is 0 Å². The van der Waals surface area contributed by atoms with Gasteiger partial charge in [-0.2, -0.15) is 0 Å². The average Bonchev–Trinajstić information content (AvgIpc) is 2.77. The number of benzene rings is 3. The van der Waals surface area contributed by atoms with E-state index in [9.17, 15) is 14.0 Å². The average molecular weight is 437 g/mol. The maximum atomic E-state index is 14.0. The summed E-state index contributed by atoms with van der Waals surface area (Å²) < 4.78 is 18.9. The van der Waals surface area contributed by atoms with E-state index in [1.54, 1.807) is 13.1 Å². The summed E-state index contributed by atoms with van der Waals surface area (Å²) in [4.78, 5) is 27.4. The zero-order valence-electron chi connectivity index (χ0n) is 18.9. The first-order chi connectivity index (χ1) is 15.3. The number of hydrogen-bond acceptors (Lipinski definition) is 3.